The van der Waals surface area contributed by atoms with Gasteiger partial charge in [0.2, 0.25) is 0 Å². The highest BCUT2D eigenvalue weighted by atomic mass is 16.3. The van der Waals surface area contributed by atoms with E-state index in [2.05, 4.69) is 32.3 Å². The van der Waals surface area contributed by atoms with E-state index in [1.165, 1.54) is 61.9 Å². The number of H-pyrrole nitrogens is 1. The van der Waals surface area contributed by atoms with Gasteiger partial charge >= 0.3 is 0 Å². The van der Waals surface area contributed by atoms with Crippen LogP contribution in [-0.4, -0.2) is 40.6 Å². The third kappa shape index (κ3) is 3.47. The van der Waals surface area contributed by atoms with Crippen LogP contribution in [0.4, 0.5) is 5.82 Å². The van der Waals surface area contributed by atoms with Gasteiger partial charge in [-0.15, -0.1) is 5.53 Å². The first kappa shape index (κ1) is 18.2. The van der Waals surface area contributed by atoms with Gasteiger partial charge in [0.15, 0.2) is 0 Å². The van der Waals surface area contributed by atoms with Crippen LogP contribution in [0, 0.1) is 17.8 Å². The summed E-state index contributed by atoms with van der Waals surface area (Å²) in [5.41, 5.74) is 10.3. The first-order valence-electron chi connectivity index (χ1n) is 11.0. The Hall–Kier alpha value is -1.83. The largest absolute Gasteiger partial charge is 0.393 e. The Balaban J connectivity index is 1.15. The van der Waals surface area contributed by atoms with E-state index in [1.807, 2.05) is 17.5 Å². The molecule has 2 atom stereocenters. The van der Waals surface area contributed by atoms with E-state index in [1.54, 1.807) is 0 Å². The van der Waals surface area contributed by atoms with Gasteiger partial charge in [-0.05, 0) is 63.0 Å². The highest BCUT2D eigenvalue weighted by Gasteiger charge is 2.34. The minimum atomic E-state index is -0.0911. The number of aliphatic hydroxyl groups is 1. The van der Waals surface area contributed by atoms with Crippen LogP contribution in [0.1, 0.15) is 56.9 Å². The van der Waals surface area contributed by atoms with Crippen molar-refractivity contribution in [3.63, 3.8) is 0 Å². The molecule has 152 valence electrons. The smallest absolute Gasteiger partial charge is 0.141 e. The second-order valence-electron chi connectivity index (χ2n) is 8.84. The summed E-state index contributed by atoms with van der Waals surface area (Å²) in [6.45, 7) is 2.07. The fourth-order valence-corrected chi connectivity index (χ4v) is 5.35. The molecule has 0 radical (unpaired) electrons. The van der Waals surface area contributed by atoms with Crippen LogP contribution >= 0.6 is 0 Å². The van der Waals surface area contributed by atoms with E-state index in [9.17, 15) is 5.11 Å². The van der Waals surface area contributed by atoms with Crippen LogP contribution in [0.3, 0.4) is 0 Å². The van der Waals surface area contributed by atoms with E-state index < -0.39 is 0 Å². The van der Waals surface area contributed by atoms with E-state index >= 15 is 0 Å². The minimum Gasteiger partial charge on any atom is -0.393 e. The number of fused-ring (bicyclic) bond motifs is 3. The van der Waals surface area contributed by atoms with Gasteiger partial charge in [0.25, 0.3) is 0 Å². The molecule has 28 heavy (non-hydrogen) atoms. The monoisotopic (exact) mass is 384 g/mol. The summed E-state index contributed by atoms with van der Waals surface area (Å²) in [5.74, 6) is 2.72. The average molecular weight is 385 g/mol. The van der Waals surface area contributed by atoms with Crippen LogP contribution in [0.15, 0.2) is 23.0 Å². The summed E-state index contributed by atoms with van der Waals surface area (Å²) in [4.78, 5) is 7.66. The van der Waals surface area contributed by atoms with Crippen molar-refractivity contribution in [2.45, 2.75) is 57.5 Å². The second-order valence-corrected chi connectivity index (χ2v) is 8.84. The van der Waals surface area contributed by atoms with Gasteiger partial charge in [-0.25, -0.2) is 10.0 Å². The summed E-state index contributed by atoms with van der Waals surface area (Å²) in [7, 11) is 0. The maximum atomic E-state index is 10.1. The van der Waals surface area contributed by atoms with Gasteiger partial charge in [-0.3, -0.25) is 0 Å². The molecule has 7 nitrogen and oxygen atoms in total. The zero-order valence-corrected chi connectivity index (χ0v) is 16.5. The van der Waals surface area contributed by atoms with Gasteiger partial charge in [-0.1, -0.05) is 12.8 Å². The number of aromatic nitrogens is 1. The van der Waals surface area contributed by atoms with Crippen molar-refractivity contribution < 1.29 is 5.11 Å². The number of hydrogen-bond donors (Lipinski definition) is 5. The normalized spacial score (nSPS) is 32.2. The lowest BCUT2D eigenvalue weighted by atomic mass is 9.79. The van der Waals surface area contributed by atoms with Crippen molar-refractivity contribution in [1.29, 1.82) is 0 Å². The molecule has 2 fully saturated rings. The number of nitrogens with one attached hydrogen (secondary N) is 4. The highest BCUT2D eigenvalue weighted by molar-refractivity contribution is 5.87. The van der Waals surface area contributed by atoms with Gasteiger partial charge in [0.1, 0.15) is 12.2 Å². The molecule has 2 aliphatic heterocycles. The number of aliphatic imine (C=N–C) groups is 1. The van der Waals surface area contributed by atoms with Crippen molar-refractivity contribution >= 4 is 17.9 Å². The lowest BCUT2D eigenvalue weighted by Gasteiger charge is -2.31. The summed E-state index contributed by atoms with van der Waals surface area (Å²) in [5, 5.41) is 15.8. The summed E-state index contributed by atoms with van der Waals surface area (Å²) in [6, 6.07) is 2.11. The number of rotatable bonds is 5. The molecule has 0 amide bonds. The molecule has 0 aromatic carbocycles. The van der Waals surface area contributed by atoms with Gasteiger partial charge in [0.05, 0.1) is 17.5 Å². The lowest BCUT2D eigenvalue weighted by molar-refractivity contribution is 0.0687. The maximum Gasteiger partial charge on any atom is 0.141 e. The predicted molar refractivity (Wildman–Crippen MR) is 110 cm³/mol. The van der Waals surface area contributed by atoms with Crippen LogP contribution in [0.2, 0.25) is 0 Å². The number of hydrazine groups is 2. The molecular formula is C21H32N6O. The van der Waals surface area contributed by atoms with Crippen molar-refractivity contribution in [1.82, 2.24) is 26.3 Å². The predicted octanol–water partition coefficient (Wildman–Crippen LogP) is 2.63. The maximum absolute atomic E-state index is 10.1. The molecule has 1 aromatic heterocycles. The first-order valence-corrected chi connectivity index (χ1v) is 11.0. The molecule has 0 unspecified atom stereocenters. The Bertz CT molecular complexity index is 748. The number of hydrogen-bond acceptors (Lipinski definition) is 6. The molecule has 5 rings (SSSR count). The van der Waals surface area contributed by atoms with Crippen molar-refractivity contribution in [2.24, 2.45) is 22.7 Å². The molecule has 0 bridgehead atoms. The minimum absolute atomic E-state index is 0.0911. The van der Waals surface area contributed by atoms with Gasteiger partial charge < -0.3 is 20.8 Å². The van der Waals surface area contributed by atoms with E-state index in [0.29, 0.717) is 11.8 Å². The zero-order valence-electron chi connectivity index (χ0n) is 16.5. The molecule has 3 heterocycles. The van der Waals surface area contributed by atoms with E-state index in [-0.39, 0.29) is 6.10 Å². The summed E-state index contributed by atoms with van der Waals surface area (Å²) >= 11 is 0. The summed E-state index contributed by atoms with van der Waals surface area (Å²) in [6.07, 6.45) is 13.3. The molecule has 7 heteroatoms. The molecule has 1 aromatic rings. The van der Waals surface area contributed by atoms with Gasteiger partial charge in [0, 0.05) is 24.2 Å². The third-order valence-corrected chi connectivity index (χ3v) is 7.05. The number of aliphatic hydroxyl groups excluding tert-OH is 1. The lowest BCUT2D eigenvalue weighted by Crippen LogP contribution is -2.38. The topological polar surface area (TPSA) is 87.7 Å². The fraction of sp³-hybridized carbons (Fsp3) is 0.667. The fourth-order valence-electron chi connectivity index (χ4n) is 5.35. The number of aromatic amines is 1. The Morgan fingerprint density at radius 2 is 1.96 bits per heavy atom. The molecular weight excluding hydrogens is 352 g/mol. The van der Waals surface area contributed by atoms with Crippen molar-refractivity contribution in [3.05, 3.63) is 23.5 Å². The molecule has 5 N–H and O–H groups in total. The van der Waals surface area contributed by atoms with Gasteiger partial charge in [-0.2, -0.15) is 0 Å². The molecule has 2 saturated carbocycles. The molecule has 4 aliphatic rings. The van der Waals surface area contributed by atoms with Crippen LogP contribution in [-0.2, 0) is 0 Å². The Morgan fingerprint density at radius 1 is 1.11 bits per heavy atom. The first-order chi connectivity index (χ1) is 13.8. The highest BCUT2D eigenvalue weighted by Crippen LogP contribution is 2.40. The quantitative estimate of drug-likeness (QED) is 0.539. The Labute approximate surface area is 166 Å². The number of allylic oxidation sites excluding steroid dienone is 1. The Morgan fingerprint density at radius 3 is 2.82 bits per heavy atom. The van der Waals surface area contributed by atoms with Crippen LogP contribution in [0.25, 0.3) is 5.70 Å². The molecule has 0 saturated heterocycles. The van der Waals surface area contributed by atoms with E-state index in [0.717, 1.165) is 31.2 Å². The average Bonchev–Trinajstić information content (AvgIpc) is 3.36. The molecule has 2 aliphatic carbocycles. The zero-order chi connectivity index (χ0) is 18.9. The Kier molecular flexibility index (Phi) is 5.13. The van der Waals surface area contributed by atoms with Crippen LogP contribution in [0.5, 0.6) is 0 Å². The van der Waals surface area contributed by atoms with E-state index in [4.69, 9.17) is 0 Å². The summed E-state index contributed by atoms with van der Waals surface area (Å²) < 4.78 is 0. The number of nitrogens with zero attached hydrogens (tertiary/aromatic N) is 2. The standard InChI is InChI=1S/C21H32N6O/c28-18-4-2-1-3-16(18)12-22-11-14-5-7-15(8-6-14)19-20-17-9-10-23-21(17)24-13-27(20)26-25-19/h9-10,13-16,18,22-23,25-26,28H,1-8,11-12H2/t14?,15?,16-,18-/m0/s1. The van der Waals surface area contributed by atoms with Crippen LogP contribution < -0.4 is 16.3 Å². The SMILES string of the molecule is O[C@H]1CCCC[C@H]1CNCC1CCC(C2=C3c4cc[nH]c4N=CN3NN2)CC1. The van der Waals surface area contributed by atoms with Crippen molar-refractivity contribution in [2.75, 3.05) is 13.1 Å². The molecule has 0 spiro atoms. The van der Waals surface area contributed by atoms with Crippen molar-refractivity contribution in [3.8, 4) is 0 Å². The third-order valence-electron chi connectivity index (χ3n) is 7.05. The second kappa shape index (κ2) is 7.89.